The summed E-state index contributed by atoms with van der Waals surface area (Å²) >= 11 is 1.56. The van der Waals surface area contributed by atoms with E-state index in [1.807, 2.05) is 4.90 Å². The Morgan fingerprint density at radius 2 is 2.32 bits per heavy atom. The lowest BCUT2D eigenvalue weighted by molar-refractivity contribution is 0.0723. The van der Waals surface area contributed by atoms with Crippen molar-refractivity contribution in [3.8, 4) is 0 Å². The minimum absolute atomic E-state index is 0.0709. The van der Waals surface area contributed by atoms with Crippen LogP contribution in [0.2, 0.25) is 0 Å². The van der Waals surface area contributed by atoms with Gasteiger partial charge in [-0.15, -0.1) is 11.3 Å². The third-order valence-corrected chi connectivity index (χ3v) is 4.94. The van der Waals surface area contributed by atoms with Gasteiger partial charge in [-0.25, -0.2) is 4.98 Å². The van der Waals surface area contributed by atoms with Crippen molar-refractivity contribution in [3.05, 3.63) is 15.6 Å². The predicted octanol–water partition coefficient (Wildman–Crippen LogP) is 0.992. The number of amides is 1. The Balaban J connectivity index is 1.74. The Labute approximate surface area is 117 Å². The Bertz CT molecular complexity index is 488. The van der Waals surface area contributed by atoms with Gasteiger partial charge in [0.2, 0.25) is 0 Å². The van der Waals surface area contributed by atoms with Crippen molar-refractivity contribution in [3.63, 3.8) is 0 Å². The molecule has 1 fully saturated rings. The van der Waals surface area contributed by atoms with Gasteiger partial charge in [0, 0.05) is 44.6 Å². The highest BCUT2D eigenvalue weighted by Gasteiger charge is 2.30. The fourth-order valence-corrected chi connectivity index (χ4v) is 3.81. The van der Waals surface area contributed by atoms with E-state index in [0.29, 0.717) is 11.6 Å². The largest absolute Gasteiger partial charge is 0.380 e. The number of hydrogen-bond donors (Lipinski definition) is 0. The average molecular weight is 281 g/mol. The van der Waals surface area contributed by atoms with Crippen molar-refractivity contribution in [1.29, 1.82) is 0 Å². The number of likely N-dealkylation sites (N-methyl/N-ethyl adjacent to an activating group) is 1. The fourth-order valence-electron chi connectivity index (χ4n) is 2.65. The third kappa shape index (κ3) is 2.52. The molecule has 2 aliphatic heterocycles. The molecule has 0 aromatic carbocycles. The molecule has 0 radical (unpaired) electrons. The summed E-state index contributed by atoms with van der Waals surface area (Å²) in [5.74, 6) is 0.0709. The van der Waals surface area contributed by atoms with Crippen LogP contribution in [0.3, 0.4) is 0 Å². The number of thiazole rings is 1. The average Bonchev–Trinajstić information content (AvgIpc) is 3.03. The SMILES string of the molecule is CO[C@@H]1CCN(C(=O)c2nc3c(s2)CN(C)CC3)C1. The first-order valence-electron chi connectivity index (χ1n) is 6.66. The van der Waals surface area contributed by atoms with E-state index in [4.69, 9.17) is 4.74 Å². The van der Waals surface area contributed by atoms with Crippen molar-refractivity contribution in [1.82, 2.24) is 14.8 Å². The van der Waals surface area contributed by atoms with Gasteiger partial charge in [-0.05, 0) is 13.5 Å². The maximum absolute atomic E-state index is 12.4. The lowest BCUT2D eigenvalue weighted by Gasteiger charge is -2.20. The second-order valence-electron chi connectivity index (χ2n) is 5.27. The Morgan fingerprint density at radius 1 is 1.47 bits per heavy atom. The van der Waals surface area contributed by atoms with Gasteiger partial charge in [0.05, 0.1) is 11.8 Å². The van der Waals surface area contributed by atoms with Crippen LogP contribution in [0, 0.1) is 0 Å². The number of fused-ring (bicyclic) bond motifs is 1. The highest BCUT2D eigenvalue weighted by Crippen LogP contribution is 2.26. The first kappa shape index (κ1) is 13.0. The first-order chi connectivity index (χ1) is 9.17. The first-order valence-corrected chi connectivity index (χ1v) is 7.48. The van der Waals surface area contributed by atoms with Crippen molar-refractivity contribution in [2.45, 2.75) is 25.5 Å². The lowest BCUT2D eigenvalue weighted by Crippen LogP contribution is -2.29. The molecule has 1 atom stereocenters. The van der Waals surface area contributed by atoms with Gasteiger partial charge < -0.3 is 14.5 Å². The zero-order valence-electron chi connectivity index (χ0n) is 11.4. The van der Waals surface area contributed by atoms with Crippen LogP contribution in [0.4, 0.5) is 0 Å². The van der Waals surface area contributed by atoms with Crippen LogP contribution < -0.4 is 0 Å². The van der Waals surface area contributed by atoms with Crippen molar-refractivity contribution in [2.75, 3.05) is 33.8 Å². The van der Waals surface area contributed by atoms with Crippen LogP contribution in [0.5, 0.6) is 0 Å². The monoisotopic (exact) mass is 281 g/mol. The quantitative estimate of drug-likeness (QED) is 0.811. The summed E-state index contributed by atoms with van der Waals surface area (Å²) < 4.78 is 5.31. The minimum Gasteiger partial charge on any atom is -0.380 e. The van der Waals surface area contributed by atoms with Crippen molar-refractivity contribution in [2.24, 2.45) is 0 Å². The molecular weight excluding hydrogens is 262 g/mol. The van der Waals surface area contributed by atoms with E-state index in [-0.39, 0.29) is 12.0 Å². The summed E-state index contributed by atoms with van der Waals surface area (Å²) in [6, 6.07) is 0. The van der Waals surface area contributed by atoms with Gasteiger partial charge in [0.1, 0.15) is 0 Å². The number of ether oxygens (including phenoxy) is 1. The van der Waals surface area contributed by atoms with E-state index < -0.39 is 0 Å². The molecule has 0 unspecified atom stereocenters. The van der Waals surface area contributed by atoms with E-state index in [2.05, 4.69) is 16.9 Å². The number of carbonyl (C=O) groups excluding carboxylic acids is 1. The summed E-state index contributed by atoms with van der Waals surface area (Å²) in [6.07, 6.45) is 2.07. The zero-order valence-corrected chi connectivity index (χ0v) is 12.2. The molecule has 1 aromatic heterocycles. The number of aromatic nitrogens is 1. The fraction of sp³-hybridized carbons (Fsp3) is 0.692. The summed E-state index contributed by atoms with van der Waals surface area (Å²) in [6.45, 7) is 3.42. The predicted molar refractivity (Wildman–Crippen MR) is 73.5 cm³/mol. The smallest absolute Gasteiger partial charge is 0.282 e. The van der Waals surface area contributed by atoms with Crippen LogP contribution in [0.25, 0.3) is 0 Å². The molecule has 0 bridgehead atoms. The van der Waals surface area contributed by atoms with E-state index in [9.17, 15) is 4.79 Å². The molecule has 1 aromatic rings. The molecule has 3 heterocycles. The van der Waals surface area contributed by atoms with E-state index in [1.54, 1.807) is 18.4 Å². The van der Waals surface area contributed by atoms with Crippen molar-refractivity contribution >= 4 is 17.2 Å². The van der Waals surface area contributed by atoms with E-state index in [0.717, 1.165) is 38.2 Å². The number of nitrogens with zero attached hydrogens (tertiary/aromatic N) is 3. The van der Waals surface area contributed by atoms with Crippen LogP contribution >= 0.6 is 11.3 Å². The Morgan fingerprint density at radius 3 is 3.05 bits per heavy atom. The van der Waals surface area contributed by atoms with Gasteiger partial charge in [-0.3, -0.25) is 4.79 Å². The van der Waals surface area contributed by atoms with Gasteiger partial charge >= 0.3 is 0 Å². The summed E-state index contributed by atoms with van der Waals surface area (Å²) in [7, 11) is 3.81. The highest BCUT2D eigenvalue weighted by atomic mass is 32.1. The van der Waals surface area contributed by atoms with Crippen LogP contribution in [0.15, 0.2) is 0 Å². The molecule has 0 aliphatic carbocycles. The second kappa shape index (κ2) is 5.19. The van der Waals surface area contributed by atoms with Gasteiger partial charge in [0.15, 0.2) is 5.01 Å². The standard InChI is InChI=1S/C13H19N3O2S/c1-15-5-4-10-11(8-15)19-12(14-10)13(17)16-6-3-9(7-16)18-2/h9H,3-8H2,1-2H3/t9-/m1/s1. The molecule has 3 rings (SSSR count). The third-order valence-electron chi connectivity index (χ3n) is 3.87. The normalized spacial score (nSPS) is 23.7. The maximum Gasteiger partial charge on any atom is 0.282 e. The number of likely N-dealkylation sites (tertiary alicyclic amines) is 1. The zero-order chi connectivity index (χ0) is 13.4. The second-order valence-corrected chi connectivity index (χ2v) is 6.36. The van der Waals surface area contributed by atoms with E-state index in [1.165, 1.54) is 4.88 Å². The van der Waals surface area contributed by atoms with Gasteiger partial charge in [-0.2, -0.15) is 0 Å². The maximum atomic E-state index is 12.4. The summed E-state index contributed by atoms with van der Waals surface area (Å²) in [5, 5.41) is 0.650. The number of methoxy groups -OCH3 is 1. The molecule has 0 N–H and O–H groups in total. The summed E-state index contributed by atoms with van der Waals surface area (Å²) in [5.41, 5.74) is 1.12. The lowest BCUT2D eigenvalue weighted by atomic mass is 10.2. The molecular formula is C13H19N3O2S. The molecule has 1 amide bonds. The minimum atomic E-state index is 0.0709. The highest BCUT2D eigenvalue weighted by molar-refractivity contribution is 7.13. The molecule has 0 saturated carbocycles. The molecule has 1 saturated heterocycles. The topological polar surface area (TPSA) is 45.7 Å². The van der Waals surface area contributed by atoms with Crippen molar-refractivity contribution < 1.29 is 9.53 Å². The number of carbonyl (C=O) groups is 1. The number of hydrogen-bond acceptors (Lipinski definition) is 5. The van der Waals surface area contributed by atoms with E-state index >= 15 is 0 Å². The molecule has 5 nitrogen and oxygen atoms in total. The van der Waals surface area contributed by atoms with Gasteiger partial charge in [-0.1, -0.05) is 0 Å². The number of rotatable bonds is 2. The van der Waals surface area contributed by atoms with Crippen LogP contribution in [-0.4, -0.2) is 60.6 Å². The molecule has 104 valence electrons. The molecule has 0 spiro atoms. The molecule has 19 heavy (non-hydrogen) atoms. The van der Waals surface area contributed by atoms with Crippen LogP contribution in [-0.2, 0) is 17.7 Å². The molecule has 2 aliphatic rings. The Hall–Kier alpha value is -0.980. The summed E-state index contributed by atoms with van der Waals surface area (Å²) in [4.78, 5) is 22.3. The molecule has 6 heteroatoms. The van der Waals surface area contributed by atoms with Crippen LogP contribution in [0.1, 0.15) is 26.8 Å². The Kier molecular flexibility index (Phi) is 3.56. The van der Waals surface area contributed by atoms with Gasteiger partial charge in [0.25, 0.3) is 5.91 Å².